The Hall–Kier alpha value is -1.05. The number of allylic oxidation sites excluding steroid dienone is 4. The average molecular weight is 294 g/mol. The van der Waals surface area contributed by atoms with Crippen LogP contribution in [0.4, 0.5) is 0 Å². The molecule has 1 N–H and O–H groups in total. The van der Waals surface area contributed by atoms with Crippen LogP contribution in [0.3, 0.4) is 0 Å². The van der Waals surface area contributed by atoms with Gasteiger partial charge in [-0.25, -0.2) is 0 Å². The van der Waals surface area contributed by atoms with Gasteiger partial charge >= 0.3 is 5.97 Å². The molecule has 1 unspecified atom stereocenters. The van der Waals surface area contributed by atoms with Gasteiger partial charge in [-0.05, 0) is 38.0 Å². The Bertz CT molecular complexity index is 292. The molecule has 2 heteroatoms. The Morgan fingerprint density at radius 2 is 1.71 bits per heavy atom. The molecule has 0 saturated heterocycles. The molecule has 21 heavy (non-hydrogen) atoms. The molecule has 0 rings (SSSR count). The van der Waals surface area contributed by atoms with E-state index in [0.717, 1.165) is 32.1 Å². The van der Waals surface area contributed by atoms with Crippen LogP contribution in [0.15, 0.2) is 24.3 Å². The summed E-state index contributed by atoms with van der Waals surface area (Å²) in [7, 11) is 0. The largest absolute Gasteiger partial charge is 0.481 e. The molecule has 0 aromatic heterocycles. The van der Waals surface area contributed by atoms with Gasteiger partial charge in [0.1, 0.15) is 0 Å². The quantitative estimate of drug-likeness (QED) is 0.309. The van der Waals surface area contributed by atoms with Gasteiger partial charge in [-0.3, -0.25) is 4.79 Å². The molecule has 0 aliphatic rings. The number of carbonyl (C=O) groups is 1. The van der Waals surface area contributed by atoms with Crippen molar-refractivity contribution in [3.05, 3.63) is 24.3 Å². The molecule has 0 aliphatic carbocycles. The molecule has 0 saturated carbocycles. The van der Waals surface area contributed by atoms with Gasteiger partial charge in [0, 0.05) is 6.42 Å². The Morgan fingerprint density at radius 1 is 1.00 bits per heavy atom. The molecule has 1 atom stereocenters. The zero-order valence-electron chi connectivity index (χ0n) is 14.0. The molecule has 0 aliphatic heterocycles. The minimum Gasteiger partial charge on any atom is -0.481 e. The van der Waals surface area contributed by atoms with Crippen LogP contribution in [0.2, 0.25) is 0 Å². The summed E-state index contributed by atoms with van der Waals surface area (Å²) >= 11 is 0. The highest BCUT2D eigenvalue weighted by Crippen LogP contribution is 2.10. The van der Waals surface area contributed by atoms with E-state index in [9.17, 15) is 4.79 Å². The number of hydrogen-bond acceptors (Lipinski definition) is 1. The van der Waals surface area contributed by atoms with Crippen LogP contribution in [-0.4, -0.2) is 11.1 Å². The Labute approximate surface area is 131 Å². The predicted octanol–water partition coefficient (Wildman–Crippen LogP) is 6.13. The smallest absolute Gasteiger partial charge is 0.303 e. The van der Waals surface area contributed by atoms with Crippen LogP contribution >= 0.6 is 0 Å². The van der Waals surface area contributed by atoms with Gasteiger partial charge in [0.25, 0.3) is 0 Å². The fourth-order valence-corrected chi connectivity index (χ4v) is 2.29. The SMILES string of the molecule is CCCCC(C)/C=C\C/C=C\CCCCCCCC(=O)O. The summed E-state index contributed by atoms with van der Waals surface area (Å²) in [5.74, 6) is 0.0409. The second-order valence-electron chi connectivity index (χ2n) is 5.95. The average Bonchev–Trinajstić information content (AvgIpc) is 2.45. The van der Waals surface area contributed by atoms with Crippen molar-refractivity contribution >= 4 is 5.97 Å². The molecule has 0 amide bonds. The van der Waals surface area contributed by atoms with Gasteiger partial charge in [0.05, 0.1) is 0 Å². The molecular formula is C19H34O2. The fourth-order valence-electron chi connectivity index (χ4n) is 2.29. The van der Waals surface area contributed by atoms with E-state index in [-0.39, 0.29) is 0 Å². The third-order valence-corrected chi connectivity index (χ3v) is 3.68. The first kappa shape index (κ1) is 19.9. The van der Waals surface area contributed by atoms with Crippen LogP contribution in [0.25, 0.3) is 0 Å². The van der Waals surface area contributed by atoms with Crippen molar-refractivity contribution in [3.63, 3.8) is 0 Å². The Kier molecular flexibility index (Phi) is 14.6. The minimum absolute atomic E-state index is 0.322. The van der Waals surface area contributed by atoms with Gasteiger partial charge in [-0.2, -0.15) is 0 Å². The van der Waals surface area contributed by atoms with Crippen molar-refractivity contribution in [3.8, 4) is 0 Å². The van der Waals surface area contributed by atoms with Crippen LogP contribution in [-0.2, 0) is 4.79 Å². The summed E-state index contributed by atoms with van der Waals surface area (Å²) < 4.78 is 0. The van der Waals surface area contributed by atoms with Crippen LogP contribution < -0.4 is 0 Å². The number of rotatable bonds is 14. The predicted molar refractivity (Wildman–Crippen MR) is 91.5 cm³/mol. The van der Waals surface area contributed by atoms with E-state index in [4.69, 9.17) is 5.11 Å². The molecule has 2 nitrogen and oxygen atoms in total. The zero-order valence-corrected chi connectivity index (χ0v) is 14.0. The van der Waals surface area contributed by atoms with Crippen molar-refractivity contribution in [2.24, 2.45) is 5.92 Å². The lowest BCUT2D eigenvalue weighted by Gasteiger charge is -2.02. The first-order valence-corrected chi connectivity index (χ1v) is 8.70. The molecule has 0 aromatic rings. The maximum Gasteiger partial charge on any atom is 0.303 e. The van der Waals surface area contributed by atoms with Crippen molar-refractivity contribution in [2.45, 2.75) is 84.5 Å². The summed E-state index contributed by atoms with van der Waals surface area (Å²) in [4.78, 5) is 10.3. The van der Waals surface area contributed by atoms with Crippen molar-refractivity contribution < 1.29 is 9.90 Å². The molecule has 0 bridgehead atoms. The van der Waals surface area contributed by atoms with Crippen LogP contribution in [0.5, 0.6) is 0 Å². The highest BCUT2D eigenvalue weighted by molar-refractivity contribution is 5.66. The number of aliphatic carboxylic acids is 1. The van der Waals surface area contributed by atoms with E-state index in [1.165, 1.54) is 32.1 Å². The lowest BCUT2D eigenvalue weighted by molar-refractivity contribution is -0.137. The van der Waals surface area contributed by atoms with E-state index in [2.05, 4.69) is 38.2 Å². The number of carboxylic acids is 1. The van der Waals surface area contributed by atoms with Crippen LogP contribution in [0.1, 0.15) is 84.5 Å². The van der Waals surface area contributed by atoms with E-state index in [1.807, 2.05) is 0 Å². The van der Waals surface area contributed by atoms with E-state index >= 15 is 0 Å². The number of unbranched alkanes of at least 4 members (excludes halogenated alkanes) is 6. The topological polar surface area (TPSA) is 37.3 Å². The lowest BCUT2D eigenvalue weighted by Crippen LogP contribution is -1.93. The molecule has 0 heterocycles. The van der Waals surface area contributed by atoms with Crippen molar-refractivity contribution in [1.29, 1.82) is 0 Å². The second kappa shape index (κ2) is 15.3. The van der Waals surface area contributed by atoms with E-state index in [0.29, 0.717) is 12.3 Å². The summed E-state index contributed by atoms with van der Waals surface area (Å²) in [6.07, 6.45) is 21.1. The van der Waals surface area contributed by atoms with E-state index in [1.54, 1.807) is 0 Å². The molecule has 0 aromatic carbocycles. The summed E-state index contributed by atoms with van der Waals surface area (Å²) in [5, 5.41) is 8.52. The Morgan fingerprint density at radius 3 is 2.43 bits per heavy atom. The molecule has 122 valence electrons. The molecule has 0 radical (unpaired) electrons. The molecular weight excluding hydrogens is 260 g/mol. The number of carboxylic acid groups (broad SMARTS) is 1. The normalized spacial score (nSPS) is 13.2. The third-order valence-electron chi connectivity index (χ3n) is 3.68. The monoisotopic (exact) mass is 294 g/mol. The first-order chi connectivity index (χ1) is 10.2. The summed E-state index contributed by atoms with van der Waals surface area (Å²) in [5.41, 5.74) is 0. The molecule has 0 spiro atoms. The zero-order chi connectivity index (χ0) is 15.8. The van der Waals surface area contributed by atoms with E-state index < -0.39 is 5.97 Å². The maximum atomic E-state index is 10.3. The second-order valence-corrected chi connectivity index (χ2v) is 5.95. The Balaban J connectivity index is 3.32. The maximum absolute atomic E-state index is 10.3. The van der Waals surface area contributed by atoms with Gasteiger partial charge in [0.15, 0.2) is 0 Å². The van der Waals surface area contributed by atoms with Crippen molar-refractivity contribution in [2.75, 3.05) is 0 Å². The first-order valence-electron chi connectivity index (χ1n) is 8.70. The van der Waals surface area contributed by atoms with Gasteiger partial charge in [-0.15, -0.1) is 0 Å². The van der Waals surface area contributed by atoms with Crippen LogP contribution in [0, 0.1) is 5.92 Å². The third kappa shape index (κ3) is 16.9. The summed E-state index contributed by atoms with van der Waals surface area (Å²) in [6, 6.07) is 0. The van der Waals surface area contributed by atoms with Gasteiger partial charge in [0.2, 0.25) is 0 Å². The standard InChI is InChI=1S/C19H34O2/c1-3-4-15-18(2)16-13-11-9-7-5-6-8-10-12-14-17-19(20)21/h7,9,13,16,18H,3-6,8,10-12,14-15,17H2,1-2H3,(H,20,21)/b9-7-,16-13-. The fraction of sp³-hybridized carbons (Fsp3) is 0.737. The molecule has 0 fully saturated rings. The number of hydrogen-bond donors (Lipinski definition) is 1. The highest BCUT2D eigenvalue weighted by atomic mass is 16.4. The highest BCUT2D eigenvalue weighted by Gasteiger charge is 1.96. The van der Waals surface area contributed by atoms with Gasteiger partial charge in [-0.1, -0.05) is 70.3 Å². The minimum atomic E-state index is -0.671. The lowest BCUT2D eigenvalue weighted by atomic mass is 10.0. The van der Waals surface area contributed by atoms with Gasteiger partial charge < -0.3 is 5.11 Å². The summed E-state index contributed by atoms with van der Waals surface area (Å²) in [6.45, 7) is 4.53. The van der Waals surface area contributed by atoms with Crippen molar-refractivity contribution in [1.82, 2.24) is 0 Å².